The molecular formula is C20H24N4O3S2. The lowest BCUT2D eigenvalue weighted by molar-refractivity contribution is -0.123. The molecule has 2 aromatic heterocycles. The molecule has 3 heterocycles. The van der Waals surface area contributed by atoms with Crippen LogP contribution in [0.4, 0.5) is 5.13 Å². The molecule has 4 rings (SSSR count). The first kappa shape index (κ1) is 20.1. The van der Waals surface area contributed by atoms with Gasteiger partial charge in [0.1, 0.15) is 0 Å². The predicted octanol–water partition coefficient (Wildman–Crippen LogP) is 3.09. The van der Waals surface area contributed by atoms with Crippen LogP contribution in [0.2, 0.25) is 0 Å². The Labute approximate surface area is 174 Å². The number of amides is 1. The second kappa shape index (κ2) is 7.89. The molecule has 1 amide bonds. The number of para-hydroxylation sites is 1. The highest BCUT2D eigenvalue weighted by Crippen LogP contribution is 2.31. The molecule has 1 aromatic carbocycles. The van der Waals surface area contributed by atoms with Crippen LogP contribution in [0.1, 0.15) is 19.8 Å². The zero-order valence-electron chi connectivity index (χ0n) is 16.5. The molecule has 29 heavy (non-hydrogen) atoms. The summed E-state index contributed by atoms with van der Waals surface area (Å²) in [5.74, 6) is -0.160. The van der Waals surface area contributed by atoms with Gasteiger partial charge >= 0.3 is 0 Å². The van der Waals surface area contributed by atoms with Gasteiger partial charge < -0.3 is 4.57 Å². The van der Waals surface area contributed by atoms with Crippen LogP contribution in [0.3, 0.4) is 0 Å². The van der Waals surface area contributed by atoms with E-state index in [9.17, 15) is 13.2 Å². The summed E-state index contributed by atoms with van der Waals surface area (Å²) in [6, 6.07) is 9.46. The van der Waals surface area contributed by atoms with Crippen LogP contribution >= 0.6 is 11.3 Å². The highest BCUT2D eigenvalue weighted by Gasteiger charge is 2.34. The molecule has 9 heteroatoms. The Kier molecular flexibility index (Phi) is 5.46. The number of carbonyl (C=O) groups excluding carboxylic acids is 1. The van der Waals surface area contributed by atoms with Crippen molar-refractivity contribution in [2.45, 2.75) is 24.7 Å². The first-order valence-corrected chi connectivity index (χ1v) is 11.9. The SMILES string of the molecule is CCN(C(=O)C1CCN(S(=O)(=O)c2ccn(C)c2)CC1)c1nc2ccccc2s1. The van der Waals surface area contributed by atoms with Gasteiger partial charge in [-0.1, -0.05) is 23.5 Å². The van der Waals surface area contributed by atoms with Crippen molar-refractivity contribution in [3.63, 3.8) is 0 Å². The molecule has 1 fully saturated rings. The first-order valence-electron chi connectivity index (χ1n) is 9.69. The van der Waals surface area contributed by atoms with Crippen LogP contribution in [0, 0.1) is 5.92 Å². The van der Waals surface area contributed by atoms with Gasteiger partial charge in [0.25, 0.3) is 0 Å². The van der Waals surface area contributed by atoms with Crippen molar-refractivity contribution in [2.24, 2.45) is 13.0 Å². The fourth-order valence-corrected chi connectivity index (χ4v) is 6.26. The topological polar surface area (TPSA) is 75.5 Å². The third-order valence-electron chi connectivity index (χ3n) is 5.34. The number of aromatic nitrogens is 2. The Morgan fingerprint density at radius 1 is 1.24 bits per heavy atom. The van der Waals surface area contributed by atoms with E-state index in [2.05, 4.69) is 4.98 Å². The van der Waals surface area contributed by atoms with Crippen molar-refractivity contribution in [1.82, 2.24) is 13.9 Å². The van der Waals surface area contributed by atoms with Gasteiger partial charge in [-0.05, 0) is 38.0 Å². The number of anilines is 1. The van der Waals surface area contributed by atoms with Gasteiger partial charge in [0.15, 0.2) is 5.13 Å². The molecule has 0 spiro atoms. The summed E-state index contributed by atoms with van der Waals surface area (Å²) in [5, 5.41) is 0.707. The van der Waals surface area contributed by atoms with E-state index in [-0.39, 0.29) is 11.8 Å². The number of thiazole rings is 1. The Hall–Kier alpha value is -2.23. The van der Waals surface area contributed by atoms with E-state index < -0.39 is 10.0 Å². The van der Waals surface area contributed by atoms with Gasteiger partial charge in [0, 0.05) is 45.0 Å². The molecule has 154 valence electrons. The maximum Gasteiger partial charge on any atom is 0.244 e. The number of piperidine rings is 1. The van der Waals surface area contributed by atoms with Gasteiger partial charge in [-0.25, -0.2) is 13.4 Å². The van der Waals surface area contributed by atoms with Crippen molar-refractivity contribution in [1.29, 1.82) is 0 Å². The Morgan fingerprint density at radius 2 is 1.97 bits per heavy atom. The molecule has 1 aliphatic heterocycles. The number of nitrogens with zero attached hydrogens (tertiary/aromatic N) is 4. The molecule has 1 saturated heterocycles. The van der Waals surface area contributed by atoms with E-state index in [1.807, 2.05) is 31.2 Å². The number of fused-ring (bicyclic) bond motifs is 1. The van der Waals surface area contributed by atoms with E-state index in [0.29, 0.717) is 42.5 Å². The maximum absolute atomic E-state index is 13.2. The lowest BCUT2D eigenvalue weighted by Gasteiger charge is -2.32. The molecule has 3 aromatic rings. The molecule has 1 aliphatic rings. The highest BCUT2D eigenvalue weighted by molar-refractivity contribution is 7.89. The Balaban J connectivity index is 1.46. The second-order valence-corrected chi connectivity index (χ2v) is 10.2. The average molecular weight is 433 g/mol. The molecule has 0 aliphatic carbocycles. The van der Waals surface area contributed by atoms with Crippen LogP contribution in [0.25, 0.3) is 10.2 Å². The fraction of sp³-hybridized carbons (Fsp3) is 0.400. The number of aryl methyl sites for hydroxylation is 1. The van der Waals surface area contributed by atoms with E-state index in [4.69, 9.17) is 0 Å². The smallest absolute Gasteiger partial charge is 0.244 e. The largest absolute Gasteiger partial charge is 0.356 e. The van der Waals surface area contributed by atoms with Crippen LogP contribution in [0.5, 0.6) is 0 Å². The van der Waals surface area contributed by atoms with Gasteiger partial charge in [-0.3, -0.25) is 9.69 Å². The summed E-state index contributed by atoms with van der Waals surface area (Å²) in [5.41, 5.74) is 0.891. The summed E-state index contributed by atoms with van der Waals surface area (Å²) >= 11 is 1.51. The quantitative estimate of drug-likeness (QED) is 0.621. The van der Waals surface area contributed by atoms with Crippen LogP contribution < -0.4 is 4.90 Å². The molecule has 0 atom stereocenters. The van der Waals surface area contributed by atoms with Gasteiger partial charge in [-0.15, -0.1) is 0 Å². The number of hydrogen-bond acceptors (Lipinski definition) is 5. The molecule has 0 unspecified atom stereocenters. The van der Waals surface area contributed by atoms with E-state index in [1.54, 1.807) is 35.0 Å². The minimum absolute atomic E-state index is 0.0308. The Bertz CT molecular complexity index is 1090. The summed E-state index contributed by atoms with van der Waals surface area (Å²) in [6.07, 6.45) is 4.37. The molecule has 0 bridgehead atoms. The summed E-state index contributed by atoms with van der Waals surface area (Å²) in [7, 11) is -1.71. The van der Waals surface area contributed by atoms with E-state index in [0.717, 1.165) is 10.2 Å². The number of sulfonamides is 1. The summed E-state index contributed by atoms with van der Waals surface area (Å²) in [4.78, 5) is 19.8. The normalized spacial score (nSPS) is 16.3. The van der Waals surface area contributed by atoms with Crippen LogP contribution in [-0.4, -0.2) is 47.8 Å². The number of rotatable bonds is 5. The zero-order valence-corrected chi connectivity index (χ0v) is 18.1. The van der Waals surface area contributed by atoms with Gasteiger partial charge in [0.05, 0.1) is 15.1 Å². The van der Waals surface area contributed by atoms with Crippen LogP contribution in [0.15, 0.2) is 47.6 Å². The lowest BCUT2D eigenvalue weighted by Crippen LogP contribution is -2.44. The lowest BCUT2D eigenvalue weighted by atomic mass is 9.96. The zero-order chi connectivity index (χ0) is 20.6. The third kappa shape index (κ3) is 3.82. The highest BCUT2D eigenvalue weighted by atomic mass is 32.2. The van der Waals surface area contributed by atoms with Gasteiger partial charge in [0.2, 0.25) is 15.9 Å². The molecular weight excluding hydrogens is 408 g/mol. The molecule has 0 N–H and O–H groups in total. The monoisotopic (exact) mass is 432 g/mol. The van der Waals surface area contributed by atoms with Crippen molar-refractivity contribution in [2.75, 3.05) is 24.5 Å². The maximum atomic E-state index is 13.2. The molecule has 0 radical (unpaired) electrons. The average Bonchev–Trinajstić information content (AvgIpc) is 3.35. The minimum Gasteiger partial charge on any atom is -0.356 e. The van der Waals surface area contributed by atoms with Crippen LogP contribution in [-0.2, 0) is 21.9 Å². The molecule has 0 saturated carbocycles. The first-order chi connectivity index (χ1) is 13.9. The van der Waals surface area contributed by atoms with Crippen molar-refractivity contribution >= 4 is 42.6 Å². The molecule has 7 nitrogen and oxygen atoms in total. The third-order valence-corrected chi connectivity index (χ3v) is 8.28. The number of hydrogen-bond donors (Lipinski definition) is 0. The van der Waals surface area contributed by atoms with Crippen molar-refractivity contribution in [3.8, 4) is 0 Å². The summed E-state index contributed by atoms with van der Waals surface area (Å²) < 4.78 is 29.9. The van der Waals surface area contributed by atoms with E-state index in [1.165, 1.54) is 15.6 Å². The Morgan fingerprint density at radius 3 is 2.59 bits per heavy atom. The number of carbonyl (C=O) groups is 1. The fourth-order valence-electron chi connectivity index (χ4n) is 3.70. The van der Waals surface area contributed by atoms with Gasteiger partial charge in [-0.2, -0.15) is 4.31 Å². The standard InChI is InChI=1S/C20H24N4O3S2/c1-3-24(20-21-17-6-4-5-7-18(17)28-20)19(25)15-8-12-23(13-9-15)29(26,27)16-10-11-22(2)14-16/h4-7,10-11,14-15H,3,8-9,12-13H2,1-2H3. The number of benzene rings is 1. The van der Waals surface area contributed by atoms with E-state index >= 15 is 0 Å². The second-order valence-electron chi connectivity index (χ2n) is 7.24. The summed E-state index contributed by atoms with van der Waals surface area (Å²) in [6.45, 7) is 3.19. The minimum atomic E-state index is -3.51. The van der Waals surface area contributed by atoms with Crippen molar-refractivity contribution in [3.05, 3.63) is 42.7 Å². The predicted molar refractivity (Wildman–Crippen MR) is 115 cm³/mol. The van der Waals surface area contributed by atoms with Crippen molar-refractivity contribution < 1.29 is 13.2 Å².